The molecule has 16 heavy (non-hydrogen) atoms. The summed E-state index contributed by atoms with van der Waals surface area (Å²) in [6, 6.07) is 2.57. The molecule has 1 aromatic heterocycles. The smallest absolute Gasteiger partial charge is 0.249 e. The second kappa shape index (κ2) is 4.65. The van der Waals surface area contributed by atoms with Gasteiger partial charge in [0, 0.05) is 11.4 Å². The molecular formula is C11H12F3NS. The van der Waals surface area contributed by atoms with E-state index >= 15 is 0 Å². The number of hydrogen-bond acceptors (Lipinski definition) is 2. The van der Waals surface area contributed by atoms with E-state index < -0.39 is 11.7 Å². The molecule has 1 heterocycles. The lowest BCUT2D eigenvalue weighted by molar-refractivity contribution is -0.137. The zero-order chi connectivity index (χ0) is 11.6. The number of aromatic nitrogens is 1. The van der Waals surface area contributed by atoms with E-state index in [0.29, 0.717) is 10.3 Å². The Kier molecular flexibility index (Phi) is 3.42. The molecule has 0 aliphatic heterocycles. The van der Waals surface area contributed by atoms with Crippen LogP contribution in [0.2, 0.25) is 0 Å². The molecule has 0 N–H and O–H groups in total. The van der Waals surface area contributed by atoms with Gasteiger partial charge >= 0.3 is 6.18 Å². The summed E-state index contributed by atoms with van der Waals surface area (Å²) in [7, 11) is 0. The maximum Gasteiger partial charge on any atom is 0.417 e. The number of halogens is 3. The summed E-state index contributed by atoms with van der Waals surface area (Å²) in [5.41, 5.74) is -0.678. The zero-order valence-corrected chi connectivity index (χ0v) is 9.44. The summed E-state index contributed by atoms with van der Waals surface area (Å²) in [6.07, 6.45) is 1.36. The monoisotopic (exact) mass is 247 g/mol. The predicted molar refractivity (Wildman–Crippen MR) is 57.4 cm³/mol. The van der Waals surface area contributed by atoms with E-state index in [-0.39, 0.29) is 0 Å². The Morgan fingerprint density at radius 1 is 1.19 bits per heavy atom. The van der Waals surface area contributed by atoms with Crippen molar-refractivity contribution >= 4 is 11.8 Å². The molecule has 1 aliphatic rings. The van der Waals surface area contributed by atoms with E-state index in [4.69, 9.17) is 0 Å². The Morgan fingerprint density at radius 3 is 2.38 bits per heavy atom. The van der Waals surface area contributed by atoms with Crippen molar-refractivity contribution in [1.82, 2.24) is 4.98 Å². The number of thioether (sulfide) groups is 1. The zero-order valence-electron chi connectivity index (χ0n) is 8.63. The van der Waals surface area contributed by atoms with Crippen molar-refractivity contribution in [1.29, 1.82) is 0 Å². The van der Waals surface area contributed by atoms with Crippen molar-refractivity contribution in [2.75, 3.05) is 0 Å². The van der Waals surface area contributed by atoms with Crippen LogP contribution in [0.4, 0.5) is 13.2 Å². The van der Waals surface area contributed by atoms with Gasteiger partial charge in [0.25, 0.3) is 0 Å². The maximum atomic E-state index is 12.3. The Labute approximate surface area is 96.5 Å². The molecule has 0 atom stereocenters. The van der Waals surface area contributed by atoms with Crippen molar-refractivity contribution in [3.63, 3.8) is 0 Å². The summed E-state index contributed by atoms with van der Waals surface area (Å²) in [6.45, 7) is 0. The van der Waals surface area contributed by atoms with Crippen LogP contribution >= 0.6 is 11.8 Å². The SMILES string of the molecule is FC(F)(F)c1ccc(SC2CCCC2)nc1. The number of rotatable bonds is 2. The van der Waals surface area contributed by atoms with E-state index in [1.54, 1.807) is 11.8 Å². The normalized spacial score (nSPS) is 17.9. The highest BCUT2D eigenvalue weighted by Gasteiger charge is 2.30. The molecule has 0 saturated heterocycles. The molecule has 5 heteroatoms. The second-order valence-corrected chi connectivity index (χ2v) is 5.23. The highest BCUT2D eigenvalue weighted by molar-refractivity contribution is 7.99. The molecule has 0 unspecified atom stereocenters. The fourth-order valence-electron chi connectivity index (χ4n) is 1.79. The van der Waals surface area contributed by atoms with Crippen LogP contribution in [-0.2, 0) is 6.18 Å². The Morgan fingerprint density at radius 2 is 1.88 bits per heavy atom. The number of alkyl halides is 3. The van der Waals surface area contributed by atoms with Gasteiger partial charge < -0.3 is 0 Å². The van der Waals surface area contributed by atoms with Crippen LogP contribution in [0.3, 0.4) is 0 Å². The largest absolute Gasteiger partial charge is 0.417 e. The van der Waals surface area contributed by atoms with E-state index in [2.05, 4.69) is 4.98 Å². The topological polar surface area (TPSA) is 12.9 Å². The van der Waals surface area contributed by atoms with Crippen LogP contribution in [0.1, 0.15) is 31.2 Å². The highest BCUT2D eigenvalue weighted by atomic mass is 32.2. The molecule has 1 fully saturated rings. The van der Waals surface area contributed by atoms with Crippen molar-refractivity contribution in [2.24, 2.45) is 0 Å². The van der Waals surface area contributed by atoms with Crippen molar-refractivity contribution < 1.29 is 13.2 Å². The van der Waals surface area contributed by atoms with Crippen molar-refractivity contribution in [2.45, 2.75) is 42.1 Å². The molecule has 2 rings (SSSR count). The summed E-state index contributed by atoms with van der Waals surface area (Å²) >= 11 is 1.59. The molecule has 1 nitrogen and oxygen atoms in total. The number of pyridine rings is 1. The van der Waals surface area contributed by atoms with Crippen molar-refractivity contribution in [3.05, 3.63) is 23.9 Å². The van der Waals surface area contributed by atoms with Gasteiger partial charge in [-0.1, -0.05) is 12.8 Å². The van der Waals surface area contributed by atoms with Gasteiger partial charge in [0.05, 0.1) is 10.6 Å². The molecule has 88 valence electrons. The van der Waals surface area contributed by atoms with Crippen LogP contribution in [0.15, 0.2) is 23.4 Å². The van der Waals surface area contributed by atoms with Gasteiger partial charge in [0.1, 0.15) is 0 Å². The standard InChI is InChI=1S/C11H12F3NS/c12-11(13,14)8-5-6-10(15-7-8)16-9-3-1-2-4-9/h5-7,9H,1-4H2. The minimum Gasteiger partial charge on any atom is -0.249 e. The fourth-order valence-corrected chi connectivity index (χ4v) is 2.97. The Balaban J connectivity index is 2.01. The Hall–Kier alpha value is -0.710. The first-order chi connectivity index (χ1) is 7.55. The lowest BCUT2D eigenvalue weighted by Crippen LogP contribution is -2.05. The van der Waals surface area contributed by atoms with Gasteiger partial charge in [-0.15, -0.1) is 11.8 Å². The highest BCUT2D eigenvalue weighted by Crippen LogP contribution is 2.35. The summed E-state index contributed by atoms with van der Waals surface area (Å²) < 4.78 is 36.8. The lowest BCUT2D eigenvalue weighted by Gasteiger charge is -2.09. The quantitative estimate of drug-likeness (QED) is 0.779. The molecule has 0 radical (unpaired) electrons. The van der Waals surface area contributed by atoms with E-state index in [0.717, 1.165) is 25.1 Å². The van der Waals surface area contributed by atoms with Crippen LogP contribution in [0, 0.1) is 0 Å². The third kappa shape index (κ3) is 2.90. The van der Waals surface area contributed by atoms with E-state index in [9.17, 15) is 13.2 Å². The fraction of sp³-hybridized carbons (Fsp3) is 0.545. The first kappa shape index (κ1) is 11.8. The average Bonchev–Trinajstić information content (AvgIpc) is 2.70. The van der Waals surface area contributed by atoms with Gasteiger partial charge in [-0.05, 0) is 25.0 Å². The van der Waals surface area contributed by atoms with Gasteiger partial charge in [-0.25, -0.2) is 4.98 Å². The molecule has 1 saturated carbocycles. The molecule has 0 amide bonds. The van der Waals surface area contributed by atoms with Crippen LogP contribution < -0.4 is 0 Å². The summed E-state index contributed by atoms with van der Waals surface area (Å²) in [5.74, 6) is 0. The van der Waals surface area contributed by atoms with Crippen LogP contribution in [0.25, 0.3) is 0 Å². The number of hydrogen-bond donors (Lipinski definition) is 0. The molecule has 0 aromatic carbocycles. The van der Waals surface area contributed by atoms with E-state index in [1.165, 1.54) is 18.9 Å². The maximum absolute atomic E-state index is 12.3. The van der Waals surface area contributed by atoms with E-state index in [1.807, 2.05) is 0 Å². The minimum absolute atomic E-state index is 0.532. The Bertz CT molecular complexity index is 341. The number of nitrogens with zero attached hydrogens (tertiary/aromatic N) is 1. The second-order valence-electron chi connectivity index (χ2n) is 3.91. The van der Waals surface area contributed by atoms with Gasteiger partial charge in [0.2, 0.25) is 0 Å². The van der Waals surface area contributed by atoms with Gasteiger partial charge in [-0.3, -0.25) is 0 Å². The molecule has 0 bridgehead atoms. The average molecular weight is 247 g/mol. The third-order valence-corrected chi connectivity index (χ3v) is 3.94. The molecule has 1 aromatic rings. The molecular weight excluding hydrogens is 235 g/mol. The first-order valence-corrected chi connectivity index (χ1v) is 6.13. The third-order valence-electron chi connectivity index (χ3n) is 2.65. The van der Waals surface area contributed by atoms with Gasteiger partial charge in [0.15, 0.2) is 0 Å². The van der Waals surface area contributed by atoms with Crippen LogP contribution in [-0.4, -0.2) is 10.2 Å². The van der Waals surface area contributed by atoms with Gasteiger partial charge in [-0.2, -0.15) is 13.2 Å². The first-order valence-electron chi connectivity index (χ1n) is 5.25. The summed E-state index contributed by atoms with van der Waals surface area (Å²) in [5, 5.41) is 1.23. The predicted octanol–water partition coefficient (Wildman–Crippen LogP) is 4.14. The molecule has 1 aliphatic carbocycles. The lowest BCUT2D eigenvalue weighted by atomic mass is 10.3. The minimum atomic E-state index is -4.29. The summed E-state index contributed by atoms with van der Waals surface area (Å²) in [4.78, 5) is 3.85. The molecule has 0 spiro atoms. The van der Waals surface area contributed by atoms with Crippen molar-refractivity contribution in [3.8, 4) is 0 Å². The van der Waals surface area contributed by atoms with Crippen LogP contribution in [0.5, 0.6) is 0 Å².